The number of imide groups is 1. The van der Waals surface area contributed by atoms with E-state index in [2.05, 4.69) is 22.2 Å². The molecule has 0 rings (SSSR count). The van der Waals surface area contributed by atoms with Gasteiger partial charge in [0, 0.05) is 7.05 Å². The first-order valence-corrected chi connectivity index (χ1v) is 7.76. The summed E-state index contributed by atoms with van der Waals surface area (Å²) in [5, 5.41) is 7.70. The third kappa shape index (κ3) is 9.30. The number of amides is 3. The van der Waals surface area contributed by atoms with E-state index in [0.29, 0.717) is 0 Å². The number of nitrogens with one attached hydrogen (secondary N) is 3. The van der Waals surface area contributed by atoms with Gasteiger partial charge in [0.25, 0.3) is 0 Å². The molecule has 0 aromatic rings. The van der Waals surface area contributed by atoms with Crippen LogP contribution in [0.15, 0.2) is 0 Å². The zero-order valence-corrected chi connectivity index (χ0v) is 12.4. The van der Waals surface area contributed by atoms with Gasteiger partial charge in [-0.2, -0.15) is 11.8 Å². The molecule has 0 aliphatic rings. The van der Waals surface area contributed by atoms with Gasteiger partial charge in [0.1, 0.15) is 0 Å². The van der Waals surface area contributed by atoms with Crippen molar-refractivity contribution < 1.29 is 9.59 Å². The number of carbonyl (C=O) groups is 2. The Morgan fingerprint density at radius 1 is 1.17 bits per heavy atom. The molecule has 0 radical (unpaired) electrons. The summed E-state index contributed by atoms with van der Waals surface area (Å²) in [6, 6.07) is -0.806. The lowest BCUT2D eigenvalue weighted by molar-refractivity contribution is -0.121. The lowest BCUT2D eigenvalue weighted by atomic mass is 10.2. The van der Waals surface area contributed by atoms with Gasteiger partial charge < -0.3 is 10.6 Å². The Bertz CT molecular complexity index is 249. The maximum absolute atomic E-state index is 11.5. The minimum absolute atomic E-state index is 0.295. The van der Waals surface area contributed by atoms with Crippen molar-refractivity contribution in [1.29, 1.82) is 0 Å². The molecule has 0 saturated heterocycles. The van der Waals surface area contributed by atoms with Gasteiger partial charge in [-0.1, -0.05) is 12.8 Å². The lowest BCUT2D eigenvalue weighted by Crippen LogP contribution is -2.47. The van der Waals surface area contributed by atoms with E-state index in [1.807, 2.05) is 11.8 Å². The van der Waals surface area contributed by atoms with Gasteiger partial charge in [-0.05, 0) is 38.3 Å². The minimum Gasteiger partial charge on any atom is -0.341 e. The van der Waals surface area contributed by atoms with Crippen LogP contribution in [0.3, 0.4) is 0 Å². The second kappa shape index (κ2) is 11.3. The van der Waals surface area contributed by atoms with E-state index in [9.17, 15) is 9.59 Å². The summed E-state index contributed by atoms with van der Waals surface area (Å²) in [5.74, 6) is 0.926. The first-order chi connectivity index (χ1) is 8.61. The Balaban J connectivity index is 3.49. The molecule has 1 unspecified atom stereocenters. The Labute approximate surface area is 114 Å². The zero-order chi connectivity index (χ0) is 13.8. The molecule has 6 heteroatoms. The van der Waals surface area contributed by atoms with Crippen LogP contribution in [0.4, 0.5) is 4.79 Å². The number of unbranched alkanes of at least 4 members (excludes halogenated alkanes) is 3. The SMILES string of the molecule is CNC(=O)NC(=O)C(C)NCCCCCCSC. The molecular formula is C12H25N3O2S. The fourth-order valence-corrected chi connectivity index (χ4v) is 1.91. The highest BCUT2D eigenvalue weighted by Gasteiger charge is 2.13. The predicted octanol–water partition coefficient (Wildman–Crippen LogP) is 1.34. The van der Waals surface area contributed by atoms with Crippen molar-refractivity contribution in [2.45, 2.75) is 38.6 Å². The molecule has 1 atom stereocenters. The van der Waals surface area contributed by atoms with Crippen LogP contribution in [0, 0.1) is 0 Å². The fraction of sp³-hybridized carbons (Fsp3) is 0.833. The van der Waals surface area contributed by atoms with E-state index in [1.54, 1.807) is 6.92 Å². The van der Waals surface area contributed by atoms with Crippen LogP contribution in [0.2, 0.25) is 0 Å². The van der Waals surface area contributed by atoms with E-state index in [0.717, 1.165) is 13.0 Å². The third-order valence-corrected chi connectivity index (χ3v) is 3.28. The van der Waals surface area contributed by atoms with Crippen LogP contribution in [-0.4, -0.2) is 43.6 Å². The fourth-order valence-electron chi connectivity index (χ4n) is 1.42. The largest absolute Gasteiger partial charge is 0.341 e. The molecule has 0 aliphatic carbocycles. The van der Waals surface area contributed by atoms with Gasteiger partial charge in [-0.15, -0.1) is 0 Å². The molecule has 0 bridgehead atoms. The Morgan fingerprint density at radius 3 is 2.44 bits per heavy atom. The van der Waals surface area contributed by atoms with Gasteiger partial charge in [0.2, 0.25) is 5.91 Å². The van der Waals surface area contributed by atoms with Gasteiger partial charge in [0.05, 0.1) is 6.04 Å². The van der Waals surface area contributed by atoms with E-state index in [4.69, 9.17) is 0 Å². The standard InChI is InChI=1S/C12H25N3O2S/c1-10(11(16)15-12(17)13-2)14-8-6-4-5-7-9-18-3/h10,14H,4-9H2,1-3H3,(H2,13,15,16,17). The zero-order valence-electron chi connectivity index (χ0n) is 11.5. The minimum atomic E-state index is -0.467. The smallest absolute Gasteiger partial charge is 0.321 e. The van der Waals surface area contributed by atoms with Crippen LogP contribution < -0.4 is 16.0 Å². The Morgan fingerprint density at radius 2 is 1.83 bits per heavy atom. The summed E-state index contributed by atoms with van der Waals surface area (Å²) in [5.41, 5.74) is 0. The summed E-state index contributed by atoms with van der Waals surface area (Å²) < 4.78 is 0. The quantitative estimate of drug-likeness (QED) is 0.555. The van der Waals surface area contributed by atoms with Crippen LogP contribution >= 0.6 is 11.8 Å². The predicted molar refractivity (Wildman–Crippen MR) is 76.9 cm³/mol. The molecule has 5 nitrogen and oxygen atoms in total. The molecule has 0 aromatic heterocycles. The van der Waals surface area contributed by atoms with Gasteiger partial charge in [0.15, 0.2) is 0 Å². The molecule has 0 fully saturated rings. The van der Waals surface area contributed by atoms with Crippen molar-refractivity contribution in [2.24, 2.45) is 0 Å². The maximum atomic E-state index is 11.5. The summed E-state index contributed by atoms with van der Waals surface area (Å²) in [7, 11) is 1.48. The van der Waals surface area contributed by atoms with Crippen molar-refractivity contribution in [2.75, 3.05) is 25.6 Å². The highest BCUT2D eigenvalue weighted by molar-refractivity contribution is 7.98. The van der Waals surface area contributed by atoms with Crippen LogP contribution in [0.25, 0.3) is 0 Å². The Hall–Kier alpha value is -0.750. The highest BCUT2D eigenvalue weighted by Crippen LogP contribution is 2.03. The summed E-state index contributed by atoms with van der Waals surface area (Å²) in [6.45, 7) is 2.56. The molecule has 0 spiro atoms. The van der Waals surface area contributed by atoms with Crippen molar-refractivity contribution in [3.63, 3.8) is 0 Å². The number of urea groups is 1. The summed E-state index contributed by atoms with van der Waals surface area (Å²) in [4.78, 5) is 22.4. The number of rotatable bonds is 9. The topological polar surface area (TPSA) is 70.2 Å². The van der Waals surface area contributed by atoms with E-state index >= 15 is 0 Å². The van der Waals surface area contributed by atoms with Crippen LogP contribution in [-0.2, 0) is 4.79 Å². The number of thioether (sulfide) groups is 1. The molecule has 18 heavy (non-hydrogen) atoms. The monoisotopic (exact) mass is 275 g/mol. The molecule has 0 aliphatic heterocycles. The van der Waals surface area contributed by atoms with Gasteiger partial charge in [-0.3, -0.25) is 10.1 Å². The second-order valence-electron chi connectivity index (χ2n) is 4.15. The normalized spacial score (nSPS) is 11.9. The van der Waals surface area contributed by atoms with Crippen LogP contribution in [0.5, 0.6) is 0 Å². The molecule has 3 N–H and O–H groups in total. The average molecular weight is 275 g/mol. The van der Waals surface area contributed by atoms with Crippen molar-refractivity contribution in [3.05, 3.63) is 0 Å². The number of hydrogen-bond acceptors (Lipinski definition) is 4. The van der Waals surface area contributed by atoms with Gasteiger partial charge in [-0.25, -0.2) is 4.79 Å². The second-order valence-corrected chi connectivity index (χ2v) is 5.14. The van der Waals surface area contributed by atoms with Crippen molar-refractivity contribution in [3.8, 4) is 0 Å². The van der Waals surface area contributed by atoms with Crippen molar-refractivity contribution in [1.82, 2.24) is 16.0 Å². The maximum Gasteiger partial charge on any atom is 0.321 e. The molecule has 0 saturated carbocycles. The first-order valence-electron chi connectivity index (χ1n) is 6.36. The highest BCUT2D eigenvalue weighted by atomic mass is 32.2. The molecule has 106 valence electrons. The van der Waals surface area contributed by atoms with E-state index in [-0.39, 0.29) is 11.9 Å². The van der Waals surface area contributed by atoms with E-state index in [1.165, 1.54) is 32.1 Å². The summed E-state index contributed by atoms with van der Waals surface area (Å²) >= 11 is 1.88. The number of hydrogen-bond donors (Lipinski definition) is 3. The number of carbonyl (C=O) groups excluding carboxylic acids is 2. The molecule has 0 heterocycles. The third-order valence-electron chi connectivity index (χ3n) is 2.58. The molecular weight excluding hydrogens is 250 g/mol. The van der Waals surface area contributed by atoms with Gasteiger partial charge >= 0.3 is 6.03 Å². The lowest BCUT2D eigenvalue weighted by Gasteiger charge is -2.12. The Kier molecular flexibility index (Phi) is 10.9. The van der Waals surface area contributed by atoms with Crippen molar-refractivity contribution >= 4 is 23.7 Å². The first kappa shape index (κ1) is 17.2. The van der Waals surface area contributed by atoms with Crippen LogP contribution in [0.1, 0.15) is 32.6 Å². The van der Waals surface area contributed by atoms with E-state index < -0.39 is 6.03 Å². The molecule has 0 aromatic carbocycles. The molecule has 3 amide bonds. The summed E-state index contributed by atoms with van der Waals surface area (Å²) in [6.07, 6.45) is 6.85. The average Bonchev–Trinajstić information content (AvgIpc) is 2.37.